The van der Waals surface area contributed by atoms with Crippen LogP contribution in [0.2, 0.25) is 0 Å². The van der Waals surface area contributed by atoms with Gasteiger partial charge in [-0.1, -0.05) is 31.2 Å². The zero-order chi connectivity index (χ0) is 35.2. The number of esters is 1. The lowest BCUT2D eigenvalue weighted by molar-refractivity contribution is -0.384. The highest BCUT2D eigenvalue weighted by atomic mass is 16.6. The number of nitrogens with zero attached hydrogens (tertiary/aromatic N) is 3. The molecule has 0 radical (unpaired) electrons. The maximum absolute atomic E-state index is 14.4. The molecule has 4 aromatic rings. The van der Waals surface area contributed by atoms with Crippen LogP contribution in [0.25, 0.3) is 10.8 Å². The monoisotopic (exact) mass is 667 g/mol. The van der Waals surface area contributed by atoms with Crippen molar-refractivity contribution in [1.29, 1.82) is 0 Å². The fraction of sp³-hybridized carbons (Fsp3) is 0.351. The molecule has 49 heavy (non-hydrogen) atoms. The molecular formula is C37H41N5O7. The first-order valence-corrected chi connectivity index (χ1v) is 16.3. The number of nitro benzene ring substituents is 1. The summed E-state index contributed by atoms with van der Waals surface area (Å²) in [5.41, 5.74) is 3.45. The molecule has 256 valence electrons. The zero-order valence-corrected chi connectivity index (χ0v) is 28.2. The quantitative estimate of drug-likeness (QED) is 0.108. The number of carbonyl (C=O) groups excluding carboxylic acids is 3. The zero-order valence-electron chi connectivity index (χ0n) is 28.2. The third kappa shape index (κ3) is 7.97. The molecule has 3 aromatic carbocycles. The van der Waals surface area contributed by atoms with E-state index in [0.29, 0.717) is 47.3 Å². The van der Waals surface area contributed by atoms with E-state index in [-0.39, 0.29) is 47.9 Å². The van der Waals surface area contributed by atoms with Gasteiger partial charge in [-0.25, -0.2) is 0 Å². The number of ether oxygens (including phenoxy) is 1. The Morgan fingerprint density at radius 3 is 2.51 bits per heavy atom. The summed E-state index contributed by atoms with van der Waals surface area (Å²) in [6.45, 7) is 5.16. The van der Waals surface area contributed by atoms with Crippen molar-refractivity contribution in [3.8, 4) is 0 Å². The molecule has 5 rings (SSSR count). The summed E-state index contributed by atoms with van der Waals surface area (Å²) in [4.78, 5) is 69.2. The number of likely N-dealkylation sites (tertiary alicyclic amines) is 1. The summed E-state index contributed by atoms with van der Waals surface area (Å²) >= 11 is 0. The minimum Gasteiger partial charge on any atom is -0.469 e. The van der Waals surface area contributed by atoms with E-state index in [0.717, 1.165) is 29.4 Å². The van der Waals surface area contributed by atoms with E-state index >= 15 is 0 Å². The Morgan fingerprint density at radius 1 is 1.06 bits per heavy atom. The van der Waals surface area contributed by atoms with E-state index in [9.17, 15) is 29.3 Å². The number of aromatic nitrogens is 1. The Kier molecular flexibility index (Phi) is 10.8. The van der Waals surface area contributed by atoms with Gasteiger partial charge in [0.15, 0.2) is 0 Å². The van der Waals surface area contributed by atoms with Crippen LogP contribution in [0.1, 0.15) is 77.2 Å². The van der Waals surface area contributed by atoms with Gasteiger partial charge in [0.1, 0.15) is 6.04 Å². The number of likely N-dealkylation sites (N-methyl/N-ethyl adjacent to an activating group) is 1. The van der Waals surface area contributed by atoms with Crippen molar-refractivity contribution < 1.29 is 24.0 Å². The summed E-state index contributed by atoms with van der Waals surface area (Å²) < 4.78 is 4.80. The first kappa shape index (κ1) is 34.8. The van der Waals surface area contributed by atoms with Gasteiger partial charge in [-0.2, -0.15) is 0 Å². The summed E-state index contributed by atoms with van der Waals surface area (Å²) in [6.07, 6.45) is 4.24. The van der Waals surface area contributed by atoms with Crippen LogP contribution in [0, 0.1) is 17.0 Å². The second kappa shape index (κ2) is 15.1. The van der Waals surface area contributed by atoms with Crippen molar-refractivity contribution in [2.24, 2.45) is 0 Å². The summed E-state index contributed by atoms with van der Waals surface area (Å²) in [5.74, 6) is -0.779. The summed E-state index contributed by atoms with van der Waals surface area (Å²) in [5, 5.41) is 16.2. The van der Waals surface area contributed by atoms with E-state index in [1.807, 2.05) is 32.0 Å². The molecule has 0 aliphatic carbocycles. The van der Waals surface area contributed by atoms with Crippen molar-refractivity contribution in [3.63, 3.8) is 0 Å². The number of benzene rings is 3. The van der Waals surface area contributed by atoms with E-state index in [4.69, 9.17) is 4.74 Å². The van der Waals surface area contributed by atoms with Crippen molar-refractivity contribution in [2.75, 3.05) is 32.6 Å². The highest BCUT2D eigenvalue weighted by Gasteiger charge is 2.29. The first-order valence-electron chi connectivity index (χ1n) is 16.3. The lowest BCUT2D eigenvalue weighted by atomic mass is 9.90. The van der Waals surface area contributed by atoms with Crippen molar-refractivity contribution in [3.05, 3.63) is 115 Å². The average molecular weight is 668 g/mol. The minimum absolute atomic E-state index is 0.0490. The molecule has 2 N–H and O–H groups in total. The highest BCUT2D eigenvalue weighted by Crippen LogP contribution is 2.31. The highest BCUT2D eigenvalue weighted by molar-refractivity contribution is 5.96. The molecule has 0 spiro atoms. The first-order chi connectivity index (χ1) is 23.5. The summed E-state index contributed by atoms with van der Waals surface area (Å²) in [7, 11) is 2.96. The number of aryl methyl sites for hydroxylation is 1. The maximum Gasteiger partial charge on any atom is 0.305 e. The Hall–Kier alpha value is -5.52. The van der Waals surface area contributed by atoms with Crippen LogP contribution >= 0.6 is 0 Å². The van der Waals surface area contributed by atoms with Crippen molar-refractivity contribution in [2.45, 2.75) is 58.0 Å². The van der Waals surface area contributed by atoms with Crippen molar-refractivity contribution in [1.82, 2.24) is 14.8 Å². The van der Waals surface area contributed by atoms with Crippen LogP contribution in [0.3, 0.4) is 0 Å². The number of methoxy groups -OCH3 is 1. The van der Waals surface area contributed by atoms with E-state index in [1.165, 1.54) is 30.2 Å². The van der Waals surface area contributed by atoms with Crippen LogP contribution in [0.5, 0.6) is 0 Å². The molecule has 2 amide bonds. The molecule has 1 unspecified atom stereocenters. The number of amides is 2. The fourth-order valence-corrected chi connectivity index (χ4v) is 6.43. The third-order valence-electron chi connectivity index (χ3n) is 9.21. The summed E-state index contributed by atoms with van der Waals surface area (Å²) in [6, 6.07) is 16.1. The minimum atomic E-state index is -0.917. The predicted octanol–water partition coefficient (Wildman–Crippen LogP) is 5.85. The van der Waals surface area contributed by atoms with Gasteiger partial charge in [-0.05, 0) is 84.0 Å². The van der Waals surface area contributed by atoms with Gasteiger partial charge in [0.25, 0.3) is 17.2 Å². The number of hydrogen-bond acceptors (Lipinski definition) is 8. The Bertz CT molecular complexity index is 1950. The number of non-ortho nitro benzene ring substituents is 1. The molecule has 2 atom stereocenters. The number of carbonyl (C=O) groups is 3. The van der Waals surface area contributed by atoms with Gasteiger partial charge in [0, 0.05) is 68.1 Å². The Morgan fingerprint density at radius 2 is 1.82 bits per heavy atom. The number of fused-ring (bicyclic) bond motifs is 1. The molecular weight excluding hydrogens is 626 g/mol. The van der Waals surface area contributed by atoms with E-state index in [2.05, 4.69) is 10.3 Å². The maximum atomic E-state index is 14.4. The number of pyridine rings is 1. The molecule has 12 heteroatoms. The molecule has 1 saturated heterocycles. The van der Waals surface area contributed by atoms with Crippen LogP contribution in [-0.2, 0) is 20.9 Å². The van der Waals surface area contributed by atoms with Gasteiger partial charge >= 0.3 is 5.97 Å². The van der Waals surface area contributed by atoms with Gasteiger partial charge < -0.3 is 24.8 Å². The van der Waals surface area contributed by atoms with Gasteiger partial charge in [-0.15, -0.1) is 0 Å². The SMILES string of the molecule is COC(=O)CC[C@H](C)c1ccc(C(Nc2ccc3cc[nH]c(=O)c3c2)C(=O)N(C)Cc2cc([N+](=O)[O-])ccc2C(=O)N2CCCC2)cc1C. The molecule has 1 aliphatic rings. The molecule has 1 aromatic heterocycles. The number of nitrogens with one attached hydrogen (secondary N) is 2. The molecule has 0 bridgehead atoms. The Labute approximate surface area is 284 Å². The van der Waals surface area contributed by atoms with Crippen LogP contribution in [0.15, 0.2) is 71.7 Å². The van der Waals surface area contributed by atoms with E-state index < -0.39 is 11.0 Å². The fourth-order valence-electron chi connectivity index (χ4n) is 6.43. The number of hydrogen-bond donors (Lipinski definition) is 2. The molecule has 12 nitrogen and oxygen atoms in total. The largest absolute Gasteiger partial charge is 0.469 e. The Balaban J connectivity index is 1.49. The number of rotatable bonds is 12. The molecule has 0 saturated carbocycles. The van der Waals surface area contributed by atoms with Gasteiger partial charge in [0.2, 0.25) is 5.91 Å². The lowest BCUT2D eigenvalue weighted by Crippen LogP contribution is -2.36. The average Bonchev–Trinajstić information content (AvgIpc) is 3.64. The predicted molar refractivity (Wildman–Crippen MR) is 186 cm³/mol. The number of aromatic amines is 1. The van der Waals surface area contributed by atoms with E-state index in [1.54, 1.807) is 42.4 Å². The number of nitro groups is 1. The number of anilines is 1. The van der Waals surface area contributed by atoms with Gasteiger partial charge in [-0.3, -0.25) is 29.3 Å². The lowest BCUT2D eigenvalue weighted by Gasteiger charge is -2.27. The van der Waals surface area contributed by atoms with Crippen molar-refractivity contribution >= 4 is 39.9 Å². The molecule has 2 heterocycles. The standard InChI is InChI=1S/C37H41N5O7/c1-23(7-14-33(43)49-4)30-12-9-26(19-24(30)2)34(39-28-10-8-25-15-16-38-35(44)32(25)21-28)37(46)40(3)22-27-20-29(42(47)48)11-13-31(27)36(45)41-17-5-6-18-41/h8-13,15-16,19-21,23,34,39H,5-7,14,17-18,22H2,1-4H3,(H,38,44)/t23-,34?/m0/s1. The smallest absolute Gasteiger partial charge is 0.305 e. The molecule has 1 fully saturated rings. The third-order valence-corrected chi connectivity index (χ3v) is 9.21. The van der Waals surface area contributed by atoms with Crippen LogP contribution < -0.4 is 10.9 Å². The van der Waals surface area contributed by atoms with Gasteiger partial charge in [0.05, 0.1) is 12.0 Å². The number of H-pyrrole nitrogens is 1. The second-order valence-corrected chi connectivity index (χ2v) is 12.6. The van der Waals surface area contributed by atoms with Crippen LogP contribution in [0.4, 0.5) is 11.4 Å². The normalized spacial score (nSPS) is 13.9. The van der Waals surface area contributed by atoms with Crippen LogP contribution in [-0.4, -0.2) is 64.7 Å². The molecule has 1 aliphatic heterocycles. The second-order valence-electron chi connectivity index (χ2n) is 12.6. The topological polar surface area (TPSA) is 155 Å².